The Labute approximate surface area is 115 Å². The molecule has 2 unspecified atom stereocenters. The molecule has 0 saturated carbocycles. The minimum atomic E-state index is 0.265. The predicted octanol–water partition coefficient (Wildman–Crippen LogP) is 3.80. The first-order valence-electron chi connectivity index (χ1n) is 6.61. The van der Waals surface area contributed by atoms with Crippen LogP contribution in [0.3, 0.4) is 0 Å². The maximum Gasteiger partial charge on any atom is 0.114 e. The van der Waals surface area contributed by atoms with Crippen LogP contribution in [0.5, 0.6) is 0 Å². The summed E-state index contributed by atoms with van der Waals surface area (Å²) in [4.78, 5) is 0. The van der Waals surface area contributed by atoms with Crippen molar-refractivity contribution < 1.29 is 4.74 Å². The summed E-state index contributed by atoms with van der Waals surface area (Å²) in [5.41, 5.74) is 1.29. The van der Waals surface area contributed by atoms with Gasteiger partial charge in [0, 0.05) is 6.54 Å². The Morgan fingerprint density at radius 2 is 2.17 bits per heavy atom. The number of hydrogen-bond donors (Lipinski definition) is 1. The molecule has 1 heterocycles. The molecule has 0 radical (unpaired) electrons. The van der Waals surface area contributed by atoms with Crippen LogP contribution in [0.2, 0.25) is 0 Å². The van der Waals surface area contributed by atoms with Gasteiger partial charge in [0.15, 0.2) is 0 Å². The minimum Gasteiger partial charge on any atom is -0.497 e. The fourth-order valence-electron chi connectivity index (χ4n) is 2.39. The highest BCUT2D eigenvalue weighted by Gasteiger charge is 2.26. The molecule has 0 saturated heterocycles. The molecule has 1 aliphatic heterocycles. The molecule has 1 aromatic carbocycles. The van der Waals surface area contributed by atoms with Gasteiger partial charge in [-0.15, -0.1) is 0 Å². The van der Waals surface area contributed by atoms with E-state index in [4.69, 9.17) is 4.74 Å². The number of thiol groups is 1. The molecule has 0 fully saturated rings. The first-order chi connectivity index (χ1) is 8.81. The lowest BCUT2D eigenvalue weighted by Crippen LogP contribution is -2.39. The van der Waals surface area contributed by atoms with Crippen LogP contribution in [0, 0.1) is 0 Å². The number of benzene rings is 1. The molecular weight excluding hydrogens is 242 g/mol. The topological polar surface area (TPSA) is 12.5 Å². The summed E-state index contributed by atoms with van der Waals surface area (Å²) in [6.07, 6.45) is 7.43. The van der Waals surface area contributed by atoms with Crippen LogP contribution in [0.25, 0.3) is 0 Å². The van der Waals surface area contributed by atoms with Crippen molar-refractivity contribution in [1.29, 1.82) is 0 Å². The van der Waals surface area contributed by atoms with Gasteiger partial charge in [-0.1, -0.05) is 50.1 Å². The lowest BCUT2D eigenvalue weighted by Gasteiger charge is -2.33. The summed E-state index contributed by atoms with van der Waals surface area (Å²) in [5.74, 6) is 0. The van der Waals surface area contributed by atoms with Gasteiger partial charge < -0.3 is 4.74 Å². The number of allylic oxidation sites excluding steroid dienone is 1. The predicted molar refractivity (Wildman–Crippen MR) is 78.3 cm³/mol. The van der Waals surface area contributed by atoms with E-state index < -0.39 is 0 Å². The van der Waals surface area contributed by atoms with Crippen molar-refractivity contribution in [3.63, 3.8) is 0 Å². The van der Waals surface area contributed by atoms with E-state index in [1.165, 1.54) is 5.56 Å². The quantitative estimate of drug-likeness (QED) is 0.811. The van der Waals surface area contributed by atoms with Crippen molar-refractivity contribution in [1.82, 2.24) is 4.31 Å². The molecule has 0 aromatic heterocycles. The number of hydrogen-bond acceptors (Lipinski definition) is 3. The summed E-state index contributed by atoms with van der Waals surface area (Å²) in [6.45, 7) is 3.05. The second-order valence-corrected chi connectivity index (χ2v) is 5.20. The van der Waals surface area contributed by atoms with Gasteiger partial charge >= 0.3 is 0 Å². The monoisotopic (exact) mass is 263 g/mol. The Bertz CT molecular complexity index is 379. The van der Waals surface area contributed by atoms with Crippen LogP contribution in [0.4, 0.5) is 0 Å². The maximum atomic E-state index is 5.72. The van der Waals surface area contributed by atoms with Crippen LogP contribution in [-0.2, 0) is 11.3 Å². The normalized spacial score (nSPS) is 20.7. The lowest BCUT2D eigenvalue weighted by atomic mass is 10.0. The summed E-state index contributed by atoms with van der Waals surface area (Å²) >= 11 is 4.66. The van der Waals surface area contributed by atoms with Gasteiger partial charge in [-0.2, -0.15) is 0 Å². The third kappa shape index (κ3) is 3.53. The van der Waals surface area contributed by atoms with Crippen molar-refractivity contribution in [2.24, 2.45) is 0 Å². The average Bonchev–Trinajstić information content (AvgIpc) is 2.42. The summed E-state index contributed by atoms with van der Waals surface area (Å²) in [6, 6.07) is 10.8. The highest BCUT2D eigenvalue weighted by atomic mass is 32.1. The van der Waals surface area contributed by atoms with Crippen molar-refractivity contribution >= 4 is 12.8 Å². The third-order valence-electron chi connectivity index (χ3n) is 3.39. The van der Waals surface area contributed by atoms with Gasteiger partial charge in [-0.05, 0) is 30.9 Å². The fraction of sp³-hybridized carbons (Fsp3) is 0.467. The fourth-order valence-corrected chi connectivity index (χ4v) is 2.86. The molecule has 2 atom stereocenters. The number of rotatable bonds is 5. The van der Waals surface area contributed by atoms with Gasteiger partial charge in [0.05, 0.1) is 12.3 Å². The molecule has 0 bridgehead atoms. The van der Waals surface area contributed by atoms with E-state index in [9.17, 15) is 0 Å². The van der Waals surface area contributed by atoms with Crippen molar-refractivity contribution in [2.75, 3.05) is 0 Å². The highest BCUT2D eigenvalue weighted by Crippen LogP contribution is 2.23. The van der Waals surface area contributed by atoms with E-state index in [0.29, 0.717) is 6.04 Å². The smallest absolute Gasteiger partial charge is 0.114 e. The number of ether oxygens (including phenoxy) is 1. The Kier molecular flexibility index (Phi) is 5.14. The average molecular weight is 263 g/mol. The first-order valence-corrected chi connectivity index (χ1v) is 7.01. The van der Waals surface area contributed by atoms with Crippen LogP contribution >= 0.6 is 12.8 Å². The van der Waals surface area contributed by atoms with Crippen LogP contribution < -0.4 is 0 Å². The van der Waals surface area contributed by atoms with E-state index in [1.54, 1.807) is 0 Å². The molecule has 0 amide bonds. The molecule has 1 aliphatic rings. The van der Waals surface area contributed by atoms with E-state index in [2.05, 4.69) is 54.4 Å². The zero-order valence-electron chi connectivity index (χ0n) is 10.8. The lowest BCUT2D eigenvalue weighted by molar-refractivity contribution is 0.0570. The van der Waals surface area contributed by atoms with Gasteiger partial charge in [0.2, 0.25) is 0 Å². The van der Waals surface area contributed by atoms with Gasteiger partial charge in [0.25, 0.3) is 0 Å². The summed E-state index contributed by atoms with van der Waals surface area (Å²) in [7, 11) is 0. The Hall–Kier alpha value is -0.930. The molecule has 18 heavy (non-hydrogen) atoms. The molecular formula is C15H21NOS. The zero-order valence-corrected chi connectivity index (χ0v) is 11.7. The Morgan fingerprint density at radius 1 is 1.39 bits per heavy atom. The highest BCUT2D eigenvalue weighted by molar-refractivity contribution is 7.77. The van der Waals surface area contributed by atoms with E-state index in [-0.39, 0.29) is 6.10 Å². The molecule has 2 nitrogen and oxygen atoms in total. The van der Waals surface area contributed by atoms with E-state index >= 15 is 0 Å². The molecule has 3 heteroatoms. The maximum absolute atomic E-state index is 5.72. The minimum absolute atomic E-state index is 0.265. The molecule has 0 spiro atoms. The molecule has 2 rings (SSSR count). The van der Waals surface area contributed by atoms with Crippen LogP contribution in [0.1, 0.15) is 31.7 Å². The van der Waals surface area contributed by atoms with Gasteiger partial charge in [-0.3, -0.25) is 0 Å². The zero-order chi connectivity index (χ0) is 12.8. The summed E-state index contributed by atoms with van der Waals surface area (Å²) in [5, 5.41) is 0. The van der Waals surface area contributed by atoms with E-state index in [1.807, 2.05) is 12.3 Å². The van der Waals surface area contributed by atoms with Gasteiger partial charge in [0.1, 0.15) is 6.10 Å². The van der Waals surface area contributed by atoms with Crippen molar-refractivity contribution in [3.05, 3.63) is 48.2 Å². The van der Waals surface area contributed by atoms with Crippen molar-refractivity contribution in [2.45, 2.75) is 44.9 Å². The third-order valence-corrected chi connectivity index (χ3v) is 3.82. The SMILES string of the molecule is CCC(C1CCC=CO1)N(S)Cc1ccccc1. The second-order valence-electron chi connectivity index (χ2n) is 4.68. The van der Waals surface area contributed by atoms with Gasteiger partial charge in [-0.25, -0.2) is 4.31 Å². The van der Waals surface area contributed by atoms with Crippen LogP contribution in [0.15, 0.2) is 42.7 Å². The van der Waals surface area contributed by atoms with Crippen LogP contribution in [-0.4, -0.2) is 16.5 Å². The Balaban J connectivity index is 1.97. The summed E-state index contributed by atoms with van der Waals surface area (Å²) < 4.78 is 7.83. The largest absolute Gasteiger partial charge is 0.497 e. The Morgan fingerprint density at radius 3 is 2.78 bits per heavy atom. The molecule has 0 aliphatic carbocycles. The number of nitrogens with zero attached hydrogens (tertiary/aromatic N) is 1. The standard InChI is InChI=1S/C15H21NOS/c1-2-14(15-10-6-7-11-17-15)16(18)12-13-8-4-3-5-9-13/h3-5,7-9,11,14-15,18H,2,6,10,12H2,1H3. The van der Waals surface area contributed by atoms with Crippen molar-refractivity contribution in [3.8, 4) is 0 Å². The van der Waals surface area contributed by atoms with E-state index in [0.717, 1.165) is 25.8 Å². The molecule has 1 aromatic rings. The molecule has 98 valence electrons. The first kappa shape index (κ1) is 13.5. The second kappa shape index (κ2) is 6.86. The molecule has 0 N–H and O–H groups in total.